The van der Waals surface area contributed by atoms with Crippen LogP contribution in [0, 0.1) is 17.2 Å². The van der Waals surface area contributed by atoms with E-state index in [0.29, 0.717) is 29.8 Å². The SMILES string of the molecule is CC1CC(C)CN(S(=O)(=O)c2ccc(C(=O)NC(=N)N=C(N)c3cccs3)cc2)C1. The number of carbonyl (C=O) groups excluding carboxylic acids is 1. The minimum atomic E-state index is -3.61. The summed E-state index contributed by atoms with van der Waals surface area (Å²) in [6.45, 7) is 5.09. The van der Waals surface area contributed by atoms with Crippen LogP contribution < -0.4 is 11.1 Å². The molecule has 0 spiro atoms. The van der Waals surface area contributed by atoms with E-state index in [9.17, 15) is 13.2 Å². The lowest BCUT2D eigenvalue weighted by Crippen LogP contribution is -2.42. The highest BCUT2D eigenvalue weighted by Crippen LogP contribution is 2.26. The van der Waals surface area contributed by atoms with Crippen molar-refractivity contribution in [1.82, 2.24) is 9.62 Å². The summed E-state index contributed by atoms with van der Waals surface area (Å²) in [5.41, 5.74) is 6.04. The number of sulfonamides is 1. The van der Waals surface area contributed by atoms with Crippen LogP contribution in [0.5, 0.6) is 0 Å². The van der Waals surface area contributed by atoms with Gasteiger partial charge in [0.05, 0.1) is 9.77 Å². The maximum absolute atomic E-state index is 12.9. The van der Waals surface area contributed by atoms with E-state index in [4.69, 9.17) is 11.1 Å². The molecule has 1 aliphatic heterocycles. The molecule has 10 heteroatoms. The fourth-order valence-electron chi connectivity index (χ4n) is 3.54. The standard InChI is InChI=1S/C20H25N5O3S2/c1-13-10-14(2)12-25(11-13)30(27,28)16-7-5-15(6-8-16)19(26)24-20(22)23-18(21)17-4-3-9-29-17/h3-9,13-14H,10-12H2,1-2H3,(H4,21,22,23,24,26). The highest BCUT2D eigenvalue weighted by Gasteiger charge is 2.31. The third kappa shape index (κ3) is 5.13. The van der Waals surface area contributed by atoms with Gasteiger partial charge in [0.15, 0.2) is 0 Å². The third-order valence-corrected chi connectivity index (χ3v) is 7.57. The maximum atomic E-state index is 12.9. The Morgan fingerprint density at radius 1 is 1.20 bits per heavy atom. The van der Waals surface area contributed by atoms with Crippen LogP contribution in [0.15, 0.2) is 51.7 Å². The lowest BCUT2D eigenvalue weighted by molar-refractivity contribution is 0.0976. The van der Waals surface area contributed by atoms with Crippen LogP contribution in [0.3, 0.4) is 0 Å². The van der Waals surface area contributed by atoms with Gasteiger partial charge in [-0.15, -0.1) is 11.3 Å². The minimum Gasteiger partial charge on any atom is -0.382 e. The predicted molar refractivity (Wildman–Crippen MR) is 118 cm³/mol. The Morgan fingerprint density at radius 3 is 2.40 bits per heavy atom. The molecule has 30 heavy (non-hydrogen) atoms. The van der Waals surface area contributed by atoms with Crippen LogP contribution in [0.4, 0.5) is 0 Å². The summed E-state index contributed by atoms with van der Waals surface area (Å²) in [7, 11) is -3.61. The van der Waals surface area contributed by atoms with Crippen molar-refractivity contribution in [2.75, 3.05) is 13.1 Å². The number of piperidine rings is 1. The van der Waals surface area contributed by atoms with Gasteiger partial charge in [-0.05, 0) is 54.0 Å². The fourth-order valence-corrected chi connectivity index (χ4v) is 5.84. The average Bonchev–Trinajstić information content (AvgIpc) is 3.22. The molecule has 4 N–H and O–H groups in total. The van der Waals surface area contributed by atoms with E-state index in [-0.39, 0.29) is 22.3 Å². The summed E-state index contributed by atoms with van der Waals surface area (Å²) in [4.78, 5) is 17.1. The van der Waals surface area contributed by atoms with E-state index in [1.807, 2.05) is 25.3 Å². The number of carbonyl (C=O) groups is 1. The number of thiophene rings is 1. The van der Waals surface area contributed by atoms with Gasteiger partial charge in [-0.25, -0.2) is 8.42 Å². The molecule has 0 saturated carbocycles. The molecule has 8 nitrogen and oxygen atoms in total. The number of benzene rings is 1. The largest absolute Gasteiger partial charge is 0.382 e. The van der Waals surface area contributed by atoms with E-state index in [2.05, 4.69) is 10.3 Å². The molecule has 0 aliphatic carbocycles. The number of rotatable bonds is 4. The number of hydrogen-bond acceptors (Lipinski definition) is 5. The van der Waals surface area contributed by atoms with Gasteiger partial charge in [0.2, 0.25) is 16.0 Å². The quantitative estimate of drug-likeness (QED) is 0.491. The summed E-state index contributed by atoms with van der Waals surface area (Å²) >= 11 is 1.38. The number of hydrogen-bond donors (Lipinski definition) is 3. The molecule has 1 aliphatic rings. The summed E-state index contributed by atoms with van der Waals surface area (Å²) < 4.78 is 27.4. The zero-order chi connectivity index (χ0) is 21.9. The first-order valence-electron chi connectivity index (χ1n) is 9.55. The van der Waals surface area contributed by atoms with Crippen molar-refractivity contribution in [1.29, 1.82) is 5.41 Å². The second-order valence-corrected chi connectivity index (χ2v) is 10.5. The molecule has 3 rings (SSSR count). The summed E-state index contributed by atoms with van der Waals surface area (Å²) in [5, 5.41) is 12.0. The molecular weight excluding hydrogens is 422 g/mol. The number of amidine groups is 1. The van der Waals surface area contributed by atoms with Crippen molar-refractivity contribution < 1.29 is 13.2 Å². The molecule has 2 aromatic rings. The van der Waals surface area contributed by atoms with Gasteiger partial charge in [-0.2, -0.15) is 9.30 Å². The van der Waals surface area contributed by atoms with Crippen molar-refractivity contribution >= 4 is 39.1 Å². The number of guanidine groups is 1. The predicted octanol–water partition coefficient (Wildman–Crippen LogP) is 2.48. The normalized spacial score (nSPS) is 20.7. The van der Waals surface area contributed by atoms with Crippen molar-refractivity contribution in [3.63, 3.8) is 0 Å². The Hall–Kier alpha value is -2.56. The zero-order valence-electron chi connectivity index (χ0n) is 16.8. The zero-order valence-corrected chi connectivity index (χ0v) is 18.5. The molecule has 2 unspecified atom stereocenters. The number of nitrogens with one attached hydrogen (secondary N) is 2. The molecule has 2 atom stereocenters. The van der Waals surface area contributed by atoms with Crippen LogP contribution >= 0.6 is 11.3 Å². The van der Waals surface area contributed by atoms with Crippen molar-refractivity contribution in [3.8, 4) is 0 Å². The average molecular weight is 448 g/mol. The minimum absolute atomic E-state index is 0.140. The molecule has 1 aromatic heterocycles. The molecule has 160 valence electrons. The number of aliphatic imine (C=N–C) groups is 1. The topological polar surface area (TPSA) is 129 Å². The Labute approximate surface area is 180 Å². The first kappa shape index (κ1) is 22.1. The van der Waals surface area contributed by atoms with Crippen LogP contribution in [-0.2, 0) is 10.0 Å². The maximum Gasteiger partial charge on any atom is 0.258 e. The Morgan fingerprint density at radius 2 is 1.83 bits per heavy atom. The van der Waals surface area contributed by atoms with Gasteiger partial charge in [0.25, 0.3) is 5.91 Å². The summed E-state index contributed by atoms with van der Waals surface area (Å²) in [6.07, 6.45) is 1.01. The lowest BCUT2D eigenvalue weighted by Gasteiger charge is -2.34. The van der Waals surface area contributed by atoms with Gasteiger partial charge >= 0.3 is 0 Å². The van der Waals surface area contributed by atoms with Gasteiger partial charge in [-0.3, -0.25) is 15.5 Å². The van der Waals surface area contributed by atoms with E-state index in [1.54, 1.807) is 6.07 Å². The first-order chi connectivity index (χ1) is 14.2. The van der Waals surface area contributed by atoms with Gasteiger partial charge in [0, 0.05) is 18.7 Å². The first-order valence-corrected chi connectivity index (χ1v) is 11.9. The lowest BCUT2D eigenvalue weighted by atomic mass is 9.94. The van der Waals surface area contributed by atoms with Gasteiger partial charge in [-0.1, -0.05) is 19.9 Å². The van der Waals surface area contributed by atoms with E-state index < -0.39 is 15.9 Å². The van der Waals surface area contributed by atoms with Gasteiger partial charge in [0.1, 0.15) is 5.84 Å². The molecule has 0 radical (unpaired) electrons. The Balaban J connectivity index is 1.68. The Bertz CT molecular complexity index is 1040. The number of nitrogens with two attached hydrogens (primary N) is 1. The van der Waals surface area contributed by atoms with Crippen molar-refractivity contribution in [3.05, 3.63) is 52.2 Å². The number of nitrogens with zero attached hydrogens (tertiary/aromatic N) is 2. The van der Waals surface area contributed by atoms with E-state index >= 15 is 0 Å². The van der Waals surface area contributed by atoms with E-state index in [0.717, 1.165) is 6.42 Å². The highest BCUT2D eigenvalue weighted by molar-refractivity contribution is 7.89. The third-order valence-electron chi connectivity index (χ3n) is 4.83. The molecule has 1 aromatic carbocycles. The van der Waals surface area contributed by atoms with Crippen LogP contribution in [-0.4, -0.2) is 43.5 Å². The van der Waals surface area contributed by atoms with Crippen molar-refractivity contribution in [2.45, 2.75) is 25.2 Å². The molecule has 2 heterocycles. The summed E-state index contributed by atoms with van der Waals surface area (Å²) in [5.74, 6) is -0.198. The monoisotopic (exact) mass is 447 g/mol. The van der Waals surface area contributed by atoms with Crippen LogP contribution in [0.1, 0.15) is 35.5 Å². The fraction of sp³-hybridized carbons (Fsp3) is 0.350. The second kappa shape index (κ2) is 9.07. The Kier molecular flexibility index (Phi) is 6.69. The molecule has 1 amide bonds. The molecule has 0 bridgehead atoms. The number of amides is 1. The highest BCUT2D eigenvalue weighted by atomic mass is 32.2. The van der Waals surface area contributed by atoms with Crippen molar-refractivity contribution in [2.24, 2.45) is 22.6 Å². The van der Waals surface area contributed by atoms with Crippen LogP contribution in [0.2, 0.25) is 0 Å². The second-order valence-electron chi connectivity index (χ2n) is 7.57. The molecule has 1 saturated heterocycles. The summed E-state index contributed by atoms with van der Waals surface area (Å²) in [6, 6.07) is 9.27. The molecular formula is C20H25N5O3S2. The van der Waals surface area contributed by atoms with E-state index in [1.165, 1.54) is 39.9 Å². The van der Waals surface area contributed by atoms with Crippen LogP contribution in [0.25, 0.3) is 0 Å². The smallest absolute Gasteiger partial charge is 0.258 e. The molecule has 1 fully saturated rings. The van der Waals surface area contributed by atoms with Gasteiger partial charge < -0.3 is 5.73 Å².